The van der Waals surface area contributed by atoms with E-state index in [1.807, 2.05) is 0 Å². The van der Waals surface area contributed by atoms with Crippen LogP contribution in [0.4, 0.5) is 0 Å². The molecule has 0 spiro atoms. The second kappa shape index (κ2) is 3.14. The molecule has 0 N–H and O–H groups in total. The van der Waals surface area contributed by atoms with Crippen LogP contribution in [0.1, 0.15) is 10.5 Å². The highest BCUT2D eigenvalue weighted by atomic mass is 16.5. The second-order valence-corrected chi connectivity index (χ2v) is 1.95. The van der Waals surface area contributed by atoms with Gasteiger partial charge < -0.3 is 4.74 Å². The van der Waals surface area contributed by atoms with Crippen LogP contribution in [0.15, 0.2) is 18.3 Å². The van der Waals surface area contributed by atoms with Gasteiger partial charge in [-0.05, 0) is 12.1 Å². The van der Waals surface area contributed by atoms with E-state index in [2.05, 4.69) is 4.98 Å². The van der Waals surface area contributed by atoms with Gasteiger partial charge in [0.15, 0.2) is 5.78 Å². The summed E-state index contributed by atoms with van der Waals surface area (Å²) in [5.74, 6) is 0.0719. The molecule has 2 radical (unpaired) electrons. The van der Waals surface area contributed by atoms with Crippen LogP contribution in [-0.4, -0.2) is 17.9 Å². The average molecular weight is 149 g/mol. The van der Waals surface area contributed by atoms with Gasteiger partial charge in [-0.3, -0.25) is 4.79 Å². The number of hydrogen-bond acceptors (Lipinski definition) is 3. The molecule has 0 bridgehead atoms. The Balaban J connectivity index is 2.91. The van der Waals surface area contributed by atoms with Gasteiger partial charge >= 0.3 is 0 Å². The summed E-state index contributed by atoms with van der Waals surface area (Å²) in [6.07, 6.45) is 1.44. The molecule has 0 aliphatic carbocycles. The Labute approximate surface area is 65.0 Å². The van der Waals surface area contributed by atoms with E-state index in [0.29, 0.717) is 5.75 Å². The maximum absolute atomic E-state index is 10.5. The van der Waals surface area contributed by atoms with Crippen molar-refractivity contribution < 1.29 is 9.53 Å². The lowest BCUT2D eigenvalue weighted by molar-refractivity contribution is 0.103. The van der Waals surface area contributed by atoms with Gasteiger partial charge in [-0.25, -0.2) is 4.98 Å². The third-order valence-corrected chi connectivity index (χ3v) is 1.22. The Morgan fingerprint density at radius 2 is 2.36 bits per heavy atom. The first-order chi connectivity index (χ1) is 5.24. The van der Waals surface area contributed by atoms with Crippen LogP contribution in [-0.2, 0) is 0 Å². The monoisotopic (exact) mass is 149 g/mol. The first-order valence-electron chi connectivity index (χ1n) is 3.04. The van der Waals surface area contributed by atoms with Gasteiger partial charge in [0.2, 0.25) is 0 Å². The summed E-state index contributed by atoms with van der Waals surface area (Å²) in [7, 11) is 1.53. The molecule has 1 rings (SSSR count). The zero-order valence-electron chi connectivity index (χ0n) is 6.07. The summed E-state index contributed by atoms with van der Waals surface area (Å²) in [6.45, 7) is 4.96. The third-order valence-electron chi connectivity index (χ3n) is 1.22. The Morgan fingerprint density at radius 3 is 2.73 bits per heavy atom. The van der Waals surface area contributed by atoms with Gasteiger partial charge in [0.1, 0.15) is 11.4 Å². The first-order valence-corrected chi connectivity index (χ1v) is 3.04. The minimum Gasteiger partial charge on any atom is -0.495 e. The van der Waals surface area contributed by atoms with Crippen LogP contribution in [0.2, 0.25) is 0 Å². The van der Waals surface area contributed by atoms with Crippen molar-refractivity contribution in [1.82, 2.24) is 4.98 Å². The van der Waals surface area contributed by atoms with E-state index in [9.17, 15) is 4.79 Å². The molecule has 56 valence electrons. The number of ether oxygens (including phenoxy) is 1. The van der Waals surface area contributed by atoms with Crippen LogP contribution < -0.4 is 4.74 Å². The van der Waals surface area contributed by atoms with Crippen LogP contribution in [0.5, 0.6) is 5.75 Å². The molecule has 3 nitrogen and oxygen atoms in total. The molecule has 1 heterocycles. The maximum atomic E-state index is 10.5. The Morgan fingerprint density at radius 1 is 1.64 bits per heavy atom. The fourth-order valence-corrected chi connectivity index (χ4v) is 0.647. The van der Waals surface area contributed by atoms with Gasteiger partial charge in [-0.2, -0.15) is 0 Å². The summed E-state index contributed by atoms with van der Waals surface area (Å²) in [4.78, 5) is 14.3. The number of methoxy groups -OCH3 is 1. The van der Waals surface area contributed by atoms with Crippen molar-refractivity contribution in [1.29, 1.82) is 0 Å². The number of aromatic nitrogens is 1. The van der Waals surface area contributed by atoms with E-state index in [1.54, 1.807) is 6.07 Å². The van der Waals surface area contributed by atoms with Crippen molar-refractivity contribution in [3.63, 3.8) is 0 Å². The molecule has 0 saturated heterocycles. The van der Waals surface area contributed by atoms with Crippen LogP contribution in [0, 0.1) is 6.92 Å². The van der Waals surface area contributed by atoms with Crippen molar-refractivity contribution in [3.05, 3.63) is 30.9 Å². The number of Topliss-reactive ketones (excluding diaryl/α,β-unsaturated/α-hetero) is 1. The Bertz CT molecular complexity index is 253. The molecular formula is C8H7NO2. The van der Waals surface area contributed by atoms with Crippen molar-refractivity contribution in [3.8, 4) is 5.75 Å². The van der Waals surface area contributed by atoms with Gasteiger partial charge in [0.05, 0.1) is 13.3 Å². The van der Waals surface area contributed by atoms with E-state index in [-0.39, 0.29) is 5.69 Å². The molecule has 0 aliphatic rings. The number of carbonyl (C=O) groups is 1. The second-order valence-electron chi connectivity index (χ2n) is 1.95. The van der Waals surface area contributed by atoms with Crippen LogP contribution in [0.25, 0.3) is 0 Å². The Hall–Kier alpha value is -1.38. The Kier molecular flexibility index (Phi) is 2.21. The molecule has 0 aromatic carbocycles. The van der Waals surface area contributed by atoms with Gasteiger partial charge in [-0.15, -0.1) is 0 Å². The number of carbonyl (C=O) groups excluding carboxylic acids is 1. The number of ketones is 1. The lowest BCUT2D eigenvalue weighted by Crippen LogP contribution is -1.96. The highest BCUT2D eigenvalue weighted by Gasteiger charge is 1.99. The zero-order chi connectivity index (χ0) is 8.27. The molecular weight excluding hydrogens is 142 g/mol. The summed E-state index contributed by atoms with van der Waals surface area (Å²) < 4.78 is 4.83. The summed E-state index contributed by atoms with van der Waals surface area (Å²) in [6, 6.07) is 3.15. The number of hydrogen-bond donors (Lipinski definition) is 0. The lowest BCUT2D eigenvalue weighted by atomic mass is 10.3. The smallest absolute Gasteiger partial charge is 0.185 e. The predicted octanol–water partition coefficient (Wildman–Crippen LogP) is 0.984. The topological polar surface area (TPSA) is 39.2 Å². The predicted molar refractivity (Wildman–Crippen MR) is 39.4 cm³/mol. The fraction of sp³-hybridized carbons (Fsp3) is 0.125. The maximum Gasteiger partial charge on any atom is 0.185 e. The minimum absolute atomic E-state index is 0.241. The molecule has 0 aliphatic heterocycles. The van der Waals surface area contributed by atoms with Gasteiger partial charge in [0, 0.05) is 6.92 Å². The molecule has 1 aromatic rings. The largest absolute Gasteiger partial charge is 0.495 e. The van der Waals surface area contributed by atoms with Gasteiger partial charge in [0.25, 0.3) is 0 Å². The normalized spacial score (nSPS) is 9.27. The lowest BCUT2D eigenvalue weighted by Gasteiger charge is -1.97. The highest BCUT2D eigenvalue weighted by Crippen LogP contribution is 2.07. The first kappa shape index (κ1) is 7.72. The molecule has 0 saturated carbocycles. The molecule has 0 amide bonds. The molecule has 1 aromatic heterocycles. The van der Waals surface area contributed by atoms with E-state index >= 15 is 0 Å². The summed E-state index contributed by atoms with van der Waals surface area (Å²) in [5.41, 5.74) is 0.241. The minimum atomic E-state index is -0.535. The van der Waals surface area contributed by atoms with Crippen LogP contribution >= 0.6 is 0 Å². The van der Waals surface area contributed by atoms with Crippen molar-refractivity contribution in [2.45, 2.75) is 0 Å². The standard InChI is InChI=1S/C8H7NO2/c1-6(10)8-4-3-7(11-2)5-9-8/h1,3-5H,2H3. The van der Waals surface area contributed by atoms with E-state index < -0.39 is 5.78 Å². The van der Waals surface area contributed by atoms with E-state index in [1.165, 1.54) is 19.4 Å². The third kappa shape index (κ3) is 1.77. The number of rotatable bonds is 2. The summed E-state index contributed by atoms with van der Waals surface area (Å²) in [5, 5.41) is 0. The zero-order valence-corrected chi connectivity index (χ0v) is 6.07. The van der Waals surface area contributed by atoms with E-state index in [4.69, 9.17) is 11.7 Å². The van der Waals surface area contributed by atoms with Crippen molar-refractivity contribution >= 4 is 5.78 Å². The molecule has 0 fully saturated rings. The number of nitrogens with zero attached hydrogens (tertiary/aromatic N) is 1. The average Bonchev–Trinajstić information content (AvgIpc) is 2.05. The molecule has 11 heavy (non-hydrogen) atoms. The molecule has 3 heteroatoms. The summed E-state index contributed by atoms with van der Waals surface area (Å²) >= 11 is 0. The van der Waals surface area contributed by atoms with Crippen molar-refractivity contribution in [2.24, 2.45) is 0 Å². The quantitative estimate of drug-likeness (QED) is 0.588. The van der Waals surface area contributed by atoms with Gasteiger partial charge in [-0.1, -0.05) is 0 Å². The molecule has 0 unspecified atom stereocenters. The highest BCUT2D eigenvalue weighted by molar-refractivity contribution is 5.97. The SMILES string of the molecule is [CH]C(=O)c1ccc(OC)cn1. The van der Waals surface area contributed by atoms with E-state index in [0.717, 1.165) is 0 Å². The molecule has 0 atom stereocenters. The number of pyridine rings is 1. The van der Waals surface area contributed by atoms with Crippen molar-refractivity contribution in [2.75, 3.05) is 7.11 Å². The fourth-order valence-electron chi connectivity index (χ4n) is 0.647. The van der Waals surface area contributed by atoms with Crippen LogP contribution in [0.3, 0.4) is 0 Å².